The molecule has 0 unspecified atom stereocenters. The highest BCUT2D eigenvalue weighted by molar-refractivity contribution is 6.09. The van der Waals surface area contributed by atoms with Gasteiger partial charge in [-0.25, -0.2) is 0 Å². The first-order chi connectivity index (χ1) is 14.3. The number of hydrogen-bond acceptors (Lipinski definition) is 2. The molecule has 2 amide bonds. The topological polar surface area (TPSA) is 58.2 Å². The maximum atomic E-state index is 12.9. The number of alkyl halides is 3. The quantitative estimate of drug-likeness (QED) is 0.603. The standard InChI is InChI=1S/C23H19F3N2O2/c24-23(25,26)18-10-6-9-17(15-18)21(29)28-20-12-5-4-11-19(20)22(30)27-14-13-16-7-2-1-3-8-16/h1-12,15H,13-14H2,(H,27,30)(H,28,29). The highest BCUT2D eigenvalue weighted by Crippen LogP contribution is 2.29. The molecular weight excluding hydrogens is 393 g/mol. The van der Waals surface area contributed by atoms with E-state index in [4.69, 9.17) is 0 Å². The number of anilines is 1. The Balaban J connectivity index is 1.69. The minimum Gasteiger partial charge on any atom is -0.352 e. The number of rotatable bonds is 6. The first kappa shape index (κ1) is 21.1. The number of benzene rings is 3. The fourth-order valence-electron chi connectivity index (χ4n) is 2.88. The minimum atomic E-state index is -4.55. The summed E-state index contributed by atoms with van der Waals surface area (Å²) in [4.78, 5) is 25.0. The molecule has 0 aliphatic rings. The van der Waals surface area contributed by atoms with Gasteiger partial charge in [0.15, 0.2) is 0 Å². The third-order valence-electron chi connectivity index (χ3n) is 4.41. The molecule has 0 spiro atoms. The van der Waals surface area contributed by atoms with Gasteiger partial charge in [-0.05, 0) is 42.3 Å². The Morgan fingerprint density at radius 3 is 2.23 bits per heavy atom. The van der Waals surface area contributed by atoms with Gasteiger partial charge in [0.05, 0.1) is 16.8 Å². The number of halogens is 3. The predicted octanol–water partition coefficient (Wildman–Crippen LogP) is 4.93. The molecule has 0 radical (unpaired) electrons. The van der Waals surface area contributed by atoms with E-state index in [0.29, 0.717) is 13.0 Å². The van der Waals surface area contributed by atoms with Gasteiger partial charge >= 0.3 is 6.18 Å². The molecular formula is C23H19F3N2O2. The van der Waals surface area contributed by atoms with E-state index < -0.39 is 17.6 Å². The lowest BCUT2D eigenvalue weighted by atomic mass is 10.1. The van der Waals surface area contributed by atoms with Crippen LogP contribution < -0.4 is 10.6 Å². The van der Waals surface area contributed by atoms with Crippen molar-refractivity contribution >= 4 is 17.5 Å². The van der Waals surface area contributed by atoms with Gasteiger partial charge in [0, 0.05) is 12.1 Å². The number of carbonyl (C=O) groups excluding carboxylic acids is 2. The molecule has 3 aromatic carbocycles. The molecule has 0 saturated carbocycles. The molecule has 2 N–H and O–H groups in total. The van der Waals surface area contributed by atoms with Crippen LogP contribution in [0.1, 0.15) is 31.8 Å². The fourth-order valence-corrected chi connectivity index (χ4v) is 2.88. The third kappa shape index (κ3) is 5.47. The fraction of sp³-hybridized carbons (Fsp3) is 0.130. The second-order valence-electron chi connectivity index (χ2n) is 6.57. The van der Waals surface area contributed by atoms with Gasteiger partial charge in [0.25, 0.3) is 11.8 Å². The molecule has 0 bridgehead atoms. The third-order valence-corrected chi connectivity index (χ3v) is 4.41. The second-order valence-corrected chi connectivity index (χ2v) is 6.57. The summed E-state index contributed by atoms with van der Waals surface area (Å²) in [7, 11) is 0. The van der Waals surface area contributed by atoms with E-state index in [9.17, 15) is 22.8 Å². The van der Waals surface area contributed by atoms with Crippen LogP contribution in [-0.2, 0) is 12.6 Å². The van der Waals surface area contributed by atoms with Crippen LogP contribution in [0.2, 0.25) is 0 Å². The minimum absolute atomic E-state index is 0.149. The van der Waals surface area contributed by atoms with Crippen molar-refractivity contribution in [1.82, 2.24) is 5.32 Å². The largest absolute Gasteiger partial charge is 0.416 e. The maximum Gasteiger partial charge on any atom is 0.416 e. The van der Waals surface area contributed by atoms with E-state index in [1.807, 2.05) is 30.3 Å². The summed E-state index contributed by atoms with van der Waals surface area (Å²) < 4.78 is 38.7. The van der Waals surface area contributed by atoms with Crippen molar-refractivity contribution in [3.8, 4) is 0 Å². The Bertz CT molecular complexity index is 1030. The van der Waals surface area contributed by atoms with Gasteiger partial charge in [-0.15, -0.1) is 0 Å². The molecule has 3 rings (SSSR count). The summed E-state index contributed by atoms with van der Waals surface area (Å²) in [6, 6.07) is 20.1. The zero-order valence-electron chi connectivity index (χ0n) is 15.9. The van der Waals surface area contributed by atoms with Crippen LogP contribution in [0.4, 0.5) is 18.9 Å². The van der Waals surface area contributed by atoms with Gasteiger partial charge in [-0.3, -0.25) is 9.59 Å². The Morgan fingerprint density at radius 2 is 1.50 bits per heavy atom. The van der Waals surface area contributed by atoms with Gasteiger partial charge in [0.1, 0.15) is 0 Å². The first-order valence-electron chi connectivity index (χ1n) is 9.24. The van der Waals surface area contributed by atoms with Crippen molar-refractivity contribution in [3.63, 3.8) is 0 Å². The summed E-state index contributed by atoms with van der Waals surface area (Å²) in [5.74, 6) is -1.11. The zero-order chi connectivity index (χ0) is 21.6. The molecule has 0 aliphatic carbocycles. The predicted molar refractivity (Wildman–Crippen MR) is 108 cm³/mol. The Labute approximate surface area is 171 Å². The molecule has 0 heterocycles. The van der Waals surface area contributed by atoms with Gasteiger partial charge in [-0.2, -0.15) is 13.2 Å². The molecule has 154 valence electrons. The van der Waals surface area contributed by atoms with E-state index in [0.717, 1.165) is 17.7 Å². The normalized spacial score (nSPS) is 11.0. The van der Waals surface area contributed by atoms with Gasteiger partial charge < -0.3 is 10.6 Å². The summed E-state index contributed by atoms with van der Waals surface area (Å²) >= 11 is 0. The van der Waals surface area contributed by atoms with E-state index in [1.165, 1.54) is 18.2 Å². The number of para-hydroxylation sites is 1. The Kier molecular flexibility index (Phi) is 6.51. The lowest BCUT2D eigenvalue weighted by Gasteiger charge is -2.12. The lowest BCUT2D eigenvalue weighted by Crippen LogP contribution is -2.27. The lowest BCUT2D eigenvalue weighted by molar-refractivity contribution is -0.137. The summed E-state index contributed by atoms with van der Waals surface area (Å²) in [6.45, 7) is 0.402. The first-order valence-corrected chi connectivity index (χ1v) is 9.24. The van der Waals surface area contributed by atoms with Crippen molar-refractivity contribution < 1.29 is 22.8 Å². The van der Waals surface area contributed by atoms with E-state index >= 15 is 0 Å². The Hall–Kier alpha value is -3.61. The van der Waals surface area contributed by atoms with Crippen LogP contribution in [0, 0.1) is 0 Å². The van der Waals surface area contributed by atoms with Gasteiger partial charge in [0.2, 0.25) is 0 Å². The number of carbonyl (C=O) groups is 2. The molecule has 0 aliphatic heterocycles. The molecule has 3 aromatic rings. The molecule has 0 fully saturated rings. The number of nitrogens with one attached hydrogen (secondary N) is 2. The van der Waals surface area contributed by atoms with Gasteiger partial charge in [-0.1, -0.05) is 48.5 Å². The van der Waals surface area contributed by atoms with Crippen LogP contribution in [0.3, 0.4) is 0 Å². The van der Waals surface area contributed by atoms with Crippen LogP contribution in [-0.4, -0.2) is 18.4 Å². The van der Waals surface area contributed by atoms with Crippen molar-refractivity contribution in [2.75, 3.05) is 11.9 Å². The average Bonchev–Trinajstić information content (AvgIpc) is 2.74. The van der Waals surface area contributed by atoms with Crippen LogP contribution >= 0.6 is 0 Å². The molecule has 7 heteroatoms. The van der Waals surface area contributed by atoms with Crippen molar-refractivity contribution in [1.29, 1.82) is 0 Å². The summed E-state index contributed by atoms with van der Waals surface area (Å²) in [6.07, 6.45) is -3.90. The van der Waals surface area contributed by atoms with Crippen molar-refractivity contribution in [2.45, 2.75) is 12.6 Å². The molecule has 0 saturated heterocycles. The summed E-state index contributed by atoms with van der Waals surface area (Å²) in [5, 5.41) is 5.32. The van der Waals surface area contributed by atoms with Crippen molar-refractivity contribution in [3.05, 3.63) is 101 Å². The molecule has 4 nitrogen and oxygen atoms in total. The van der Waals surface area contributed by atoms with E-state index in [1.54, 1.807) is 18.2 Å². The van der Waals surface area contributed by atoms with Crippen molar-refractivity contribution in [2.24, 2.45) is 0 Å². The molecule has 30 heavy (non-hydrogen) atoms. The smallest absolute Gasteiger partial charge is 0.352 e. The highest BCUT2D eigenvalue weighted by atomic mass is 19.4. The Morgan fingerprint density at radius 1 is 0.800 bits per heavy atom. The zero-order valence-corrected chi connectivity index (χ0v) is 15.9. The SMILES string of the molecule is O=C(Nc1ccccc1C(=O)NCCc1ccccc1)c1cccc(C(F)(F)F)c1. The van der Waals surface area contributed by atoms with E-state index in [-0.39, 0.29) is 22.7 Å². The second kappa shape index (κ2) is 9.26. The average molecular weight is 412 g/mol. The highest BCUT2D eigenvalue weighted by Gasteiger charge is 2.31. The number of amides is 2. The van der Waals surface area contributed by atoms with Crippen LogP contribution in [0.25, 0.3) is 0 Å². The van der Waals surface area contributed by atoms with Crippen LogP contribution in [0.15, 0.2) is 78.9 Å². The monoisotopic (exact) mass is 412 g/mol. The molecule has 0 aromatic heterocycles. The maximum absolute atomic E-state index is 12.9. The van der Waals surface area contributed by atoms with Crippen LogP contribution in [0.5, 0.6) is 0 Å². The van der Waals surface area contributed by atoms with E-state index in [2.05, 4.69) is 10.6 Å². The molecule has 0 atom stereocenters. The number of hydrogen-bond donors (Lipinski definition) is 2. The summed E-state index contributed by atoms with van der Waals surface area (Å²) in [5.41, 5.74) is 0.457.